The number of hydrogen-bond acceptors (Lipinski definition) is 4. The van der Waals surface area contributed by atoms with Gasteiger partial charge in [-0.05, 0) is 38.5 Å². The number of hydrogen-bond donors (Lipinski definition) is 0. The van der Waals surface area contributed by atoms with Crippen LogP contribution in [0.2, 0.25) is 0 Å². The van der Waals surface area contributed by atoms with Gasteiger partial charge in [0.1, 0.15) is 5.60 Å². The number of rotatable bonds is 4. The number of ether oxygens (including phenoxy) is 1. The molecule has 0 aliphatic carbocycles. The summed E-state index contributed by atoms with van der Waals surface area (Å²) < 4.78 is 5.27. The van der Waals surface area contributed by atoms with Crippen molar-refractivity contribution in [2.45, 2.75) is 32.8 Å². The van der Waals surface area contributed by atoms with E-state index in [2.05, 4.69) is 0 Å². The molecule has 0 aliphatic rings. The largest absolute Gasteiger partial charge is 0.456 e. The number of nitrogens with zero attached hydrogens (tertiary/aromatic N) is 1. The molecule has 0 aliphatic heterocycles. The molecular formula is C15H21NO4. The molecule has 0 N–H and O–H groups in total. The fourth-order valence-electron chi connectivity index (χ4n) is 1.48. The summed E-state index contributed by atoms with van der Waals surface area (Å²) in [6, 6.07) is 6.79. The van der Waals surface area contributed by atoms with Crippen molar-refractivity contribution in [3.63, 3.8) is 0 Å². The molecule has 0 saturated carbocycles. The minimum Gasteiger partial charge on any atom is -0.456 e. The highest BCUT2D eigenvalue weighted by molar-refractivity contribution is 5.89. The molecule has 0 saturated heterocycles. The lowest BCUT2D eigenvalue weighted by molar-refractivity contribution is -0.167. The van der Waals surface area contributed by atoms with Crippen molar-refractivity contribution in [2.24, 2.45) is 0 Å². The highest BCUT2D eigenvalue weighted by Gasteiger charge is 2.18. The van der Waals surface area contributed by atoms with Crippen molar-refractivity contribution in [1.82, 2.24) is 5.06 Å². The van der Waals surface area contributed by atoms with Gasteiger partial charge in [-0.25, -0.2) is 9.86 Å². The standard InChI is InChI=1S/C15H21NO4/c1-15(2,3)20-14(18)12-8-6-11(7-9-12)10-13(17)16(4)19-5/h6-9H,10H2,1-5H3. The second-order valence-corrected chi connectivity index (χ2v) is 5.45. The van der Waals surface area contributed by atoms with Gasteiger partial charge in [0, 0.05) is 7.05 Å². The van der Waals surface area contributed by atoms with Crippen LogP contribution in [0.4, 0.5) is 0 Å². The van der Waals surface area contributed by atoms with E-state index in [0.717, 1.165) is 5.56 Å². The van der Waals surface area contributed by atoms with Gasteiger partial charge in [0.15, 0.2) is 0 Å². The van der Waals surface area contributed by atoms with Crippen LogP contribution >= 0.6 is 0 Å². The van der Waals surface area contributed by atoms with E-state index in [1.807, 2.05) is 20.8 Å². The van der Waals surface area contributed by atoms with E-state index in [1.165, 1.54) is 12.2 Å². The van der Waals surface area contributed by atoms with Gasteiger partial charge in [0.2, 0.25) is 5.91 Å². The summed E-state index contributed by atoms with van der Waals surface area (Å²) >= 11 is 0. The van der Waals surface area contributed by atoms with Crippen LogP contribution in [0.15, 0.2) is 24.3 Å². The molecule has 1 aromatic carbocycles. The summed E-state index contributed by atoms with van der Waals surface area (Å²) in [6.07, 6.45) is 0.221. The summed E-state index contributed by atoms with van der Waals surface area (Å²) in [5, 5.41) is 1.17. The van der Waals surface area contributed by atoms with Crippen molar-refractivity contribution >= 4 is 11.9 Å². The maximum Gasteiger partial charge on any atom is 0.338 e. The SMILES string of the molecule is CON(C)C(=O)Cc1ccc(C(=O)OC(C)(C)C)cc1. The van der Waals surface area contributed by atoms with Crippen molar-refractivity contribution in [2.75, 3.05) is 14.2 Å². The predicted octanol–water partition coefficient (Wildman–Crippen LogP) is 2.20. The van der Waals surface area contributed by atoms with Gasteiger partial charge in [-0.15, -0.1) is 0 Å². The van der Waals surface area contributed by atoms with Gasteiger partial charge in [-0.2, -0.15) is 0 Å². The first-order valence-electron chi connectivity index (χ1n) is 6.36. The van der Waals surface area contributed by atoms with Gasteiger partial charge in [-0.3, -0.25) is 9.63 Å². The van der Waals surface area contributed by atoms with Gasteiger partial charge < -0.3 is 4.74 Å². The van der Waals surface area contributed by atoms with Crippen LogP contribution in [0.25, 0.3) is 0 Å². The molecule has 110 valence electrons. The lowest BCUT2D eigenvalue weighted by Gasteiger charge is -2.19. The Balaban J connectivity index is 2.69. The normalized spacial score (nSPS) is 11.1. The zero-order chi connectivity index (χ0) is 15.3. The van der Waals surface area contributed by atoms with Gasteiger partial charge in [0.25, 0.3) is 0 Å². The molecule has 0 bridgehead atoms. The molecule has 0 radical (unpaired) electrons. The summed E-state index contributed by atoms with van der Waals surface area (Å²) in [5.41, 5.74) is 0.759. The second-order valence-electron chi connectivity index (χ2n) is 5.45. The fraction of sp³-hybridized carbons (Fsp3) is 0.467. The summed E-state index contributed by atoms with van der Waals surface area (Å²) in [5.74, 6) is -0.526. The topological polar surface area (TPSA) is 55.8 Å². The number of hydroxylamine groups is 2. The van der Waals surface area contributed by atoms with Crippen molar-refractivity contribution in [3.8, 4) is 0 Å². The van der Waals surface area contributed by atoms with E-state index in [-0.39, 0.29) is 18.3 Å². The van der Waals surface area contributed by atoms with E-state index in [4.69, 9.17) is 9.57 Å². The lowest BCUT2D eigenvalue weighted by atomic mass is 10.1. The van der Waals surface area contributed by atoms with E-state index in [0.29, 0.717) is 5.56 Å². The van der Waals surface area contributed by atoms with Crippen molar-refractivity contribution < 1.29 is 19.2 Å². The molecule has 0 aromatic heterocycles. The minimum absolute atomic E-state index is 0.155. The number of esters is 1. The van der Waals surface area contributed by atoms with Gasteiger partial charge in [-0.1, -0.05) is 12.1 Å². The molecule has 1 aromatic rings. The Morgan fingerprint density at radius 3 is 2.15 bits per heavy atom. The average Bonchev–Trinajstić information content (AvgIpc) is 2.36. The monoisotopic (exact) mass is 279 g/mol. The highest BCUT2D eigenvalue weighted by atomic mass is 16.7. The zero-order valence-electron chi connectivity index (χ0n) is 12.6. The fourth-order valence-corrected chi connectivity index (χ4v) is 1.48. The van der Waals surface area contributed by atoms with E-state index >= 15 is 0 Å². The Hall–Kier alpha value is -1.88. The average molecular weight is 279 g/mol. The molecular weight excluding hydrogens is 258 g/mol. The van der Waals surface area contributed by atoms with Crippen molar-refractivity contribution in [3.05, 3.63) is 35.4 Å². The molecule has 20 heavy (non-hydrogen) atoms. The zero-order valence-corrected chi connectivity index (χ0v) is 12.6. The maximum atomic E-state index is 11.8. The molecule has 0 atom stereocenters. The molecule has 0 spiro atoms. The number of likely N-dealkylation sites (N-methyl/N-ethyl adjacent to an activating group) is 1. The summed E-state index contributed by atoms with van der Waals surface area (Å²) in [7, 11) is 2.99. The smallest absolute Gasteiger partial charge is 0.338 e. The predicted molar refractivity (Wildman–Crippen MR) is 75.1 cm³/mol. The van der Waals surface area contributed by atoms with E-state index in [1.54, 1.807) is 31.3 Å². The molecule has 5 nitrogen and oxygen atoms in total. The first-order valence-corrected chi connectivity index (χ1v) is 6.36. The number of carbonyl (C=O) groups is 2. The first kappa shape index (κ1) is 16.2. The Kier molecular flexibility index (Phi) is 5.27. The third-order valence-corrected chi connectivity index (χ3v) is 2.57. The van der Waals surface area contributed by atoms with Crippen LogP contribution < -0.4 is 0 Å². The van der Waals surface area contributed by atoms with Crippen molar-refractivity contribution in [1.29, 1.82) is 0 Å². The summed E-state index contributed by atoms with van der Waals surface area (Å²) in [6.45, 7) is 5.45. The van der Waals surface area contributed by atoms with Crippen LogP contribution in [0.3, 0.4) is 0 Å². The third-order valence-electron chi connectivity index (χ3n) is 2.57. The second kappa shape index (κ2) is 6.52. The quantitative estimate of drug-likeness (QED) is 0.626. The molecule has 0 heterocycles. The third kappa shape index (κ3) is 5.01. The van der Waals surface area contributed by atoms with Crippen LogP contribution in [0.5, 0.6) is 0 Å². The Morgan fingerprint density at radius 1 is 1.15 bits per heavy atom. The Morgan fingerprint density at radius 2 is 1.70 bits per heavy atom. The van der Waals surface area contributed by atoms with Gasteiger partial charge >= 0.3 is 5.97 Å². The van der Waals surface area contributed by atoms with Crippen LogP contribution in [-0.2, 0) is 20.8 Å². The molecule has 1 rings (SSSR count). The van der Waals surface area contributed by atoms with Crippen LogP contribution in [0.1, 0.15) is 36.7 Å². The molecule has 1 amide bonds. The number of carbonyl (C=O) groups excluding carboxylic acids is 2. The highest BCUT2D eigenvalue weighted by Crippen LogP contribution is 2.13. The minimum atomic E-state index is -0.521. The molecule has 0 fully saturated rings. The Bertz CT molecular complexity index is 474. The Labute approximate surface area is 119 Å². The van der Waals surface area contributed by atoms with E-state index < -0.39 is 5.60 Å². The van der Waals surface area contributed by atoms with Gasteiger partial charge in [0.05, 0.1) is 19.1 Å². The van der Waals surface area contributed by atoms with Crippen LogP contribution in [-0.4, -0.2) is 36.7 Å². The van der Waals surface area contributed by atoms with E-state index in [9.17, 15) is 9.59 Å². The molecule has 0 unspecified atom stereocenters. The first-order chi connectivity index (χ1) is 9.23. The molecule has 5 heteroatoms. The lowest BCUT2D eigenvalue weighted by Crippen LogP contribution is -2.27. The number of amides is 1. The van der Waals surface area contributed by atoms with Crippen LogP contribution in [0, 0.1) is 0 Å². The number of benzene rings is 1. The maximum absolute atomic E-state index is 11.8. The summed E-state index contributed by atoms with van der Waals surface area (Å²) in [4.78, 5) is 28.3.